The van der Waals surface area contributed by atoms with Crippen LogP contribution in [-0.2, 0) is 0 Å². The third-order valence-corrected chi connectivity index (χ3v) is 1.17. The van der Waals surface area contributed by atoms with E-state index in [0.29, 0.717) is 0 Å². The normalized spacial score (nSPS) is 8.57. The molecule has 0 aliphatic rings. The van der Waals surface area contributed by atoms with Gasteiger partial charge in [-0.3, -0.25) is 0 Å². The van der Waals surface area contributed by atoms with E-state index in [-0.39, 0.29) is 5.69 Å². The van der Waals surface area contributed by atoms with E-state index in [2.05, 4.69) is 19.9 Å². The van der Waals surface area contributed by atoms with E-state index in [1.807, 2.05) is 0 Å². The van der Waals surface area contributed by atoms with Crippen LogP contribution in [-0.4, -0.2) is 26.4 Å². The van der Waals surface area contributed by atoms with Gasteiger partial charge in [0.1, 0.15) is 12.0 Å². The molecule has 0 saturated heterocycles. The second kappa shape index (κ2) is 5.41. The van der Waals surface area contributed by atoms with E-state index < -0.39 is 5.97 Å². The molecular weight excluding hydrogens is 186 g/mol. The SMILES string of the molecule is O=C(O)c1ccccn1.c1conn1. The minimum absolute atomic E-state index is 0.0810. The van der Waals surface area contributed by atoms with Crippen molar-refractivity contribution in [1.29, 1.82) is 0 Å². The minimum Gasteiger partial charge on any atom is -0.477 e. The highest BCUT2D eigenvalue weighted by Crippen LogP contribution is 1.90. The molecule has 14 heavy (non-hydrogen) atoms. The third kappa shape index (κ3) is 3.44. The van der Waals surface area contributed by atoms with Crippen LogP contribution in [0.1, 0.15) is 10.5 Å². The second-order valence-corrected chi connectivity index (χ2v) is 2.11. The van der Waals surface area contributed by atoms with Crippen LogP contribution >= 0.6 is 0 Å². The van der Waals surface area contributed by atoms with E-state index in [1.165, 1.54) is 24.7 Å². The van der Waals surface area contributed by atoms with Crippen LogP contribution in [0.15, 0.2) is 41.4 Å². The molecule has 0 aliphatic heterocycles. The monoisotopic (exact) mass is 193 g/mol. The first-order valence-electron chi connectivity index (χ1n) is 3.66. The van der Waals surface area contributed by atoms with E-state index in [9.17, 15) is 4.79 Å². The molecular formula is C8H7N3O3. The van der Waals surface area contributed by atoms with Gasteiger partial charge in [-0.05, 0) is 12.1 Å². The number of pyridine rings is 1. The average molecular weight is 193 g/mol. The number of aromatic nitrogens is 3. The molecule has 2 aromatic heterocycles. The van der Waals surface area contributed by atoms with Crippen molar-refractivity contribution in [3.63, 3.8) is 0 Å². The summed E-state index contributed by atoms with van der Waals surface area (Å²) in [4.78, 5) is 13.7. The van der Waals surface area contributed by atoms with Crippen molar-refractivity contribution in [3.05, 3.63) is 42.5 Å². The van der Waals surface area contributed by atoms with Crippen molar-refractivity contribution < 1.29 is 14.4 Å². The summed E-state index contributed by atoms with van der Waals surface area (Å²) in [6, 6.07) is 4.76. The lowest BCUT2D eigenvalue weighted by Crippen LogP contribution is -1.97. The molecule has 0 fully saturated rings. The third-order valence-electron chi connectivity index (χ3n) is 1.17. The van der Waals surface area contributed by atoms with Crippen LogP contribution in [0, 0.1) is 0 Å². The molecule has 0 bridgehead atoms. The molecule has 0 spiro atoms. The molecule has 1 N–H and O–H groups in total. The molecule has 0 saturated carbocycles. The first kappa shape index (κ1) is 9.85. The maximum absolute atomic E-state index is 10.1. The smallest absolute Gasteiger partial charge is 0.354 e. The van der Waals surface area contributed by atoms with Crippen molar-refractivity contribution in [2.45, 2.75) is 0 Å². The first-order chi connectivity index (χ1) is 6.80. The fraction of sp³-hybridized carbons (Fsp3) is 0. The maximum atomic E-state index is 10.1. The Hall–Kier alpha value is -2.24. The van der Waals surface area contributed by atoms with Crippen LogP contribution in [0.2, 0.25) is 0 Å². The highest BCUT2D eigenvalue weighted by Gasteiger charge is 1.98. The number of hydrogen-bond donors (Lipinski definition) is 1. The maximum Gasteiger partial charge on any atom is 0.354 e. The minimum atomic E-state index is -0.990. The Morgan fingerprint density at radius 2 is 2.21 bits per heavy atom. The molecule has 0 atom stereocenters. The summed E-state index contributed by atoms with van der Waals surface area (Å²) < 4.78 is 4.22. The fourth-order valence-corrected chi connectivity index (χ4v) is 0.625. The Morgan fingerprint density at radius 1 is 1.36 bits per heavy atom. The number of carbonyl (C=O) groups is 1. The highest BCUT2D eigenvalue weighted by molar-refractivity contribution is 5.85. The van der Waals surface area contributed by atoms with Crippen LogP contribution in [0.25, 0.3) is 0 Å². The number of carboxylic acids is 1. The molecule has 0 aromatic carbocycles. The van der Waals surface area contributed by atoms with Gasteiger partial charge in [0.15, 0.2) is 0 Å². The van der Waals surface area contributed by atoms with Gasteiger partial charge in [-0.25, -0.2) is 9.78 Å². The predicted molar refractivity (Wildman–Crippen MR) is 45.5 cm³/mol. The topological polar surface area (TPSA) is 89.1 Å². The number of carboxylic acid groups (broad SMARTS) is 1. The Kier molecular flexibility index (Phi) is 3.81. The number of aromatic carboxylic acids is 1. The lowest BCUT2D eigenvalue weighted by molar-refractivity contribution is 0.0690. The quantitative estimate of drug-likeness (QED) is 0.722. The van der Waals surface area contributed by atoms with Crippen LogP contribution in [0.5, 0.6) is 0 Å². The van der Waals surface area contributed by atoms with Crippen LogP contribution < -0.4 is 0 Å². The van der Waals surface area contributed by atoms with Crippen molar-refractivity contribution in [1.82, 2.24) is 15.4 Å². The van der Waals surface area contributed by atoms with Gasteiger partial charge in [0.05, 0.1) is 6.20 Å². The summed E-state index contributed by atoms with van der Waals surface area (Å²) in [7, 11) is 0. The number of nitrogens with zero attached hydrogens (tertiary/aromatic N) is 3. The molecule has 0 aliphatic carbocycles. The van der Waals surface area contributed by atoms with Gasteiger partial charge in [-0.15, -0.1) is 5.10 Å². The van der Waals surface area contributed by atoms with E-state index in [4.69, 9.17) is 5.11 Å². The molecule has 6 heteroatoms. The Labute approximate surface area is 79.2 Å². The first-order valence-corrected chi connectivity index (χ1v) is 3.66. The summed E-state index contributed by atoms with van der Waals surface area (Å²) in [5.74, 6) is -0.990. The van der Waals surface area contributed by atoms with Gasteiger partial charge in [0.2, 0.25) is 0 Å². The lowest BCUT2D eigenvalue weighted by atomic mass is 10.4. The Morgan fingerprint density at radius 3 is 2.50 bits per heavy atom. The van der Waals surface area contributed by atoms with Gasteiger partial charge in [0.25, 0.3) is 0 Å². The van der Waals surface area contributed by atoms with E-state index >= 15 is 0 Å². The van der Waals surface area contributed by atoms with Crippen LogP contribution in [0.4, 0.5) is 0 Å². The Bertz CT molecular complexity index is 343. The summed E-state index contributed by atoms with van der Waals surface area (Å²) in [6.45, 7) is 0. The largest absolute Gasteiger partial charge is 0.477 e. The summed E-state index contributed by atoms with van der Waals surface area (Å²) in [5, 5.41) is 14.7. The zero-order chi connectivity index (χ0) is 10.2. The standard InChI is InChI=1S/C6H5NO2.C2H2N2O/c8-6(9)5-3-1-2-4-7-5;1-2-5-4-3-1/h1-4H,(H,8,9);1-2H. The van der Waals surface area contributed by atoms with Gasteiger partial charge in [-0.2, -0.15) is 0 Å². The molecule has 2 rings (SSSR count). The highest BCUT2D eigenvalue weighted by atomic mass is 16.5. The average Bonchev–Trinajstić information content (AvgIpc) is 2.77. The number of rotatable bonds is 1. The van der Waals surface area contributed by atoms with Crippen molar-refractivity contribution in [2.75, 3.05) is 0 Å². The van der Waals surface area contributed by atoms with Crippen molar-refractivity contribution >= 4 is 5.97 Å². The van der Waals surface area contributed by atoms with Gasteiger partial charge in [-0.1, -0.05) is 6.07 Å². The zero-order valence-electron chi connectivity index (χ0n) is 7.07. The predicted octanol–water partition coefficient (Wildman–Crippen LogP) is 0.849. The molecule has 0 amide bonds. The molecule has 2 aromatic rings. The van der Waals surface area contributed by atoms with E-state index in [0.717, 1.165) is 0 Å². The fourth-order valence-electron chi connectivity index (χ4n) is 0.625. The Balaban J connectivity index is 0.000000165. The lowest BCUT2D eigenvalue weighted by Gasteiger charge is -1.87. The number of hydrogen-bond acceptors (Lipinski definition) is 5. The summed E-state index contributed by atoms with van der Waals surface area (Å²) in [6.07, 6.45) is 4.32. The molecule has 2 heterocycles. The van der Waals surface area contributed by atoms with Crippen LogP contribution in [0.3, 0.4) is 0 Å². The molecule has 0 radical (unpaired) electrons. The van der Waals surface area contributed by atoms with Gasteiger partial charge in [0, 0.05) is 11.5 Å². The van der Waals surface area contributed by atoms with E-state index in [1.54, 1.807) is 12.1 Å². The molecule has 6 nitrogen and oxygen atoms in total. The molecule has 72 valence electrons. The van der Waals surface area contributed by atoms with Crippen molar-refractivity contribution in [3.8, 4) is 0 Å². The molecule has 0 unspecified atom stereocenters. The second-order valence-electron chi connectivity index (χ2n) is 2.11. The van der Waals surface area contributed by atoms with Gasteiger partial charge >= 0.3 is 5.97 Å². The summed E-state index contributed by atoms with van der Waals surface area (Å²) >= 11 is 0. The van der Waals surface area contributed by atoms with Crippen molar-refractivity contribution in [2.24, 2.45) is 0 Å². The summed E-state index contributed by atoms with van der Waals surface area (Å²) in [5.41, 5.74) is 0.0810. The zero-order valence-corrected chi connectivity index (χ0v) is 7.07. The van der Waals surface area contributed by atoms with Gasteiger partial charge < -0.3 is 9.63 Å².